The highest BCUT2D eigenvalue weighted by Gasteiger charge is 2.16. The Morgan fingerprint density at radius 3 is 2.88 bits per heavy atom. The van der Waals surface area contributed by atoms with Crippen molar-refractivity contribution in [2.75, 3.05) is 25.5 Å². The van der Waals surface area contributed by atoms with E-state index in [1.165, 1.54) is 49.8 Å². The second kappa shape index (κ2) is 7.63. The number of piperidine rings is 1. The van der Waals surface area contributed by atoms with Crippen LogP contribution in [0.25, 0.3) is 0 Å². The highest BCUT2D eigenvalue weighted by Crippen LogP contribution is 2.25. The van der Waals surface area contributed by atoms with Gasteiger partial charge in [-0.05, 0) is 38.1 Å². The zero-order valence-corrected chi connectivity index (χ0v) is 14.4. The number of carbonyl (C=O) groups excluding carboxylic acids is 1. The Bertz CT molecular complexity index is 711. The largest absolute Gasteiger partial charge is 0.507 e. The molecule has 1 saturated heterocycles. The smallest absolute Gasteiger partial charge is 0.261 e. The number of aromatic hydroxyl groups is 1. The van der Waals surface area contributed by atoms with Gasteiger partial charge in [0.05, 0.1) is 18.4 Å². The number of rotatable bonds is 5. The van der Waals surface area contributed by atoms with E-state index in [1.807, 2.05) is 5.38 Å². The molecular formula is C17H21N3O3S. The molecule has 1 fully saturated rings. The SMILES string of the molecule is COc1ccc(C(=O)Nc2nc(CN3CCCCC3)cs2)c(O)c1. The molecule has 3 rings (SSSR count). The van der Waals surface area contributed by atoms with Crippen molar-refractivity contribution in [3.05, 3.63) is 34.8 Å². The molecule has 7 heteroatoms. The number of amides is 1. The quantitative estimate of drug-likeness (QED) is 0.869. The van der Waals surface area contributed by atoms with Crippen LogP contribution in [0.15, 0.2) is 23.6 Å². The first kappa shape index (κ1) is 16.7. The predicted molar refractivity (Wildman–Crippen MR) is 93.9 cm³/mol. The normalized spacial score (nSPS) is 15.2. The van der Waals surface area contributed by atoms with E-state index in [0.717, 1.165) is 25.3 Å². The highest BCUT2D eigenvalue weighted by molar-refractivity contribution is 7.14. The fourth-order valence-corrected chi connectivity index (χ4v) is 3.48. The van der Waals surface area contributed by atoms with Gasteiger partial charge in [0.15, 0.2) is 5.13 Å². The molecule has 128 valence electrons. The van der Waals surface area contributed by atoms with E-state index in [1.54, 1.807) is 6.07 Å². The summed E-state index contributed by atoms with van der Waals surface area (Å²) < 4.78 is 5.02. The van der Waals surface area contributed by atoms with Gasteiger partial charge in [-0.2, -0.15) is 0 Å². The van der Waals surface area contributed by atoms with Gasteiger partial charge in [0.1, 0.15) is 11.5 Å². The maximum Gasteiger partial charge on any atom is 0.261 e. The van der Waals surface area contributed by atoms with Crippen molar-refractivity contribution in [2.24, 2.45) is 0 Å². The lowest BCUT2D eigenvalue weighted by Crippen LogP contribution is -2.29. The first-order chi connectivity index (χ1) is 11.7. The summed E-state index contributed by atoms with van der Waals surface area (Å²) in [6.07, 6.45) is 3.79. The maximum absolute atomic E-state index is 12.3. The van der Waals surface area contributed by atoms with Crippen molar-refractivity contribution in [3.8, 4) is 11.5 Å². The van der Waals surface area contributed by atoms with Gasteiger partial charge in [-0.25, -0.2) is 4.98 Å². The molecule has 2 N–H and O–H groups in total. The summed E-state index contributed by atoms with van der Waals surface area (Å²) in [4.78, 5) is 19.1. The third-order valence-electron chi connectivity index (χ3n) is 4.06. The Morgan fingerprint density at radius 1 is 1.38 bits per heavy atom. The third-order valence-corrected chi connectivity index (χ3v) is 4.86. The number of aromatic nitrogens is 1. The molecule has 1 aliphatic heterocycles. The van der Waals surface area contributed by atoms with Crippen molar-refractivity contribution < 1.29 is 14.6 Å². The Hall–Kier alpha value is -2.12. The molecule has 0 unspecified atom stereocenters. The Morgan fingerprint density at radius 2 is 2.17 bits per heavy atom. The number of likely N-dealkylation sites (tertiary alicyclic amines) is 1. The van der Waals surface area contributed by atoms with Crippen LogP contribution in [0.2, 0.25) is 0 Å². The summed E-state index contributed by atoms with van der Waals surface area (Å²) in [6, 6.07) is 4.59. The first-order valence-electron chi connectivity index (χ1n) is 8.01. The first-order valence-corrected chi connectivity index (χ1v) is 8.89. The number of thiazole rings is 1. The van der Waals surface area contributed by atoms with Crippen molar-refractivity contribution >= 4 is 22.4 Å². The number of phenolic OH excluding ortho intramolecular Hbond substituents is 1. The molecule has 1 aliphatic rings. The van der Waals surface area contributed by atoms with Crippen LogP contribution in [-0.2, 0) is 6.54 Å². The van der Waals surface area contributed by atoms with E-state index in [4.69, 9.17) is 4.74 Å². The number of hydrogen-bond donors (Lipinski definition) is 2. The molecule has 1 aromatic heterocycles. The van der Waals surface area contributed by atoms with Crippen LogP contribution in [0.4, 0.5) is 5.13 Å². The minimum Gasteiger partial charge on any atom is -0.507 e. The zero-order valence-electron chi connectivity index (χ0n) is 13.6. The lowest BCUT2D eigenvalue weighted by Gasteiger charge is -2.25. The summed E-state index contributed by atoms with van der Waals surface area (Å²) >= 11 is 1.40. The van der Waals surface area contributed by atoms with E-state index < -0.39 is 0 Å². The molecule has 2 aromatic rings. The number of nitrogens with one attached hydrogen (secondary N) is 1. The number of carbonyl (C=O) groups is 1. The molecule has 0 radical (unpaired) electrons. The van der Waals surface area contributed by atoms with Gasteiger partial charge < -0.3 is 9.84 Å². The van der Waals surface area contributed by atoms with Crippen molar-refractivity contribution in [1.29, 1.82) is 0 Å². The Labute approximate surface area is 145 Å². The van der Waals surface area contributed by atoms with Crippen molar-refractivity contribution in [1.82, 2.24) is 9.88 Å². The van der Waals surface area contributed by atoms with Gasteiger partial charge >= 0.3 is 0 Å². The van der Waals surface area contributed by atoms with Crippen LogP contribution >= 0.6 is 11.3 Å². The molecule has 0 atom stereocenters. The number of anilines is 1. The van der Waals surface area contributed by atoms with E-state index in [9.17, 15) is 9.90 Å². The molecule has 0 aliphatic carbocycles. The summed E-state index contributed by atoms with van der Waals surface area (Å²) in [5.41, 5.74) is 1.17. The van der Waals surface area contributed by atoms with Gasteiger partial charge in [0.25, 0.3) is 5.91 Å². The molecule has 0 spiro atoms. The number of methoxy groups -OCH3 is 1. The fourth-order valence-electron chi connectivity index (χ4n) is 2.78. The molecular weight excluding hydrogens is 326 g/mol. The summed E-state index contributed by atoms with van der Waals surface area (Å²) in [6.45, 7) is 3.04. The topological polar surface area (TPSA) is 74.7 Å². The molecule has 6 nitrogen and oxygen atoms in total. The van der Waals surface area contributed by atoms with Gasteiger partial charge in [-0.1, -0.05) is 6.42 Å². The summed E-state index contributed by atoms with van der Waals surface area (Å²) in [5, 5.41) is 15.2. The van der Waals surface area contributed by atoms with E-state index in [0.29, 0.717) is 10.9 Å². The number of benzene rings is 1. The molecule has 2 heterocycles. The second-order valence-electron chi connectivity index (χ2n) is 5.82. The van der Waals surface area contributed by atoms with Crippen LogP contribution in [-0.4, -0.2) is 41.1 Å². The number of ether oxygens (including phenoxy) is 1. The molecule has 0 saturated carbocycles. The Balaban J connectivity index is 1.62. The Kier molecular flexibility index (Phi) is 5.32. The molecule has 24 heavy (non-hydrogen) atoms. The monoisotopic (exact) mass is 347 g/mol. The minimum absolute atomic E-state index is 0.114. The van der Waals surface area contributed by atoms with Crippen LogP contribution < -0.4 is 10.1 Å². The average molecular weight is 347 g/mol. The van der Waals surface area contributed by atoms with Crippen LogP contribution in [0, 0.1) is 0 Å². The summed E-state index contributed by atoms with van der Waals surface area (Å²) in [5.74, 6) is 0.00749. The minimum atomic E-state index is -0.381. The second-order valence-corrected chi connectivity index (χ2v) is 6.68. The van der Waals surface area contributed by atoms with Gasteiger partial charge in [-0.3, -0.25) is 15.0 Å². The standard InChI is InChI=1S/C17H21N3O3S/c1-23-13-5-6-14(15(21)9-13)16(22)19-17-18-12(11-24-17)10-20-7-3-2-4-8-20/h5-6,9,11,21H,2-4,7-8,10H2,1H3,(H,18,19,22). The van der Waals surface area contributed by atoms with Crippen LogP contribution in [0.5, 0.6) is 11.5 Å². The summed E-state index contributed by atoms with van der Waals surface area (Å²) in [7, 11) is 1.51. The third kappa shape index (κ3) is 4.04. The van der Waals surface area contributed by atoms with Crippen LogP contribution in [0.1, 0.15) is 35.3 Å². The van der Waals surface area contributed by atoms with Crippen LogP contribution in [0.3, 0.4) is 0 Å². The van der Waals surface area contributed by atoms with E-state index in [2.05, 4.69) is 15.2 Å². The van der Waals surface area contributed by atoms with E-state index >= 15 is 0 Å². The van der Waals surface area contributed by atoms with E-state index in [-0.39, 0.29) is 17.2 Å². The average Bonchev–Trinajstić information content (AvgIpc) is 3.02. The predicted octanol–water partition coefficient (Wildman–Crippen LogP) is 3.10. The zero-order chi connectivity index (χ0) is 16.9. The number of phenols is 1. The highest BCUT2D eigenvalue weighted by atomic mass is 32.1. The van der Waals surface area contributed by atoms with Crippen molar-refractivity contribution in [2.45, 2.75) is 25.8 Å². The number of hydrogen-bond acceptors (Lipinski definition) is 6. The maximum atomic E-state index is 12.3. The lowest BCUT2D eigenvalue weighted by atomic mass is 10.1. The fraction of sp³-hybridized carbons (Fsp3) is 0.412. The van der Waals surface area contributed by atoms with Gasteiger partial charge in [0.2, 0.25) is 0 Å². The number of nitrogens with zero attached hydrogens (tertiary/aromatic N) is 2. The lowest BCUT2D eigenvalue weighted by molar-refractivity contribution is 0.102. The molecule has 1 amide bonds. The van der Waals surface area contributed by atoms with Crippen molar-refractivity contribution in [3.63, 3.8) is 0 Å². The van der Waals surface area contributed by atoms with Gasteiger partial charge in [-0.15, -0.1) is 11.3 Å². The van der Waals surface area contributed by atoms with Gasteiger partial charge in [0, 0.05) is 18.0 Å². The molecule has 0 bridgehead atoms. The molecule has 1 aromatic carbocycles.